The Morgan fingerprint density at radius 3 is 2.84 bits per heavy atom. The van der Waals surface area contributed by atoms with Crippen LogP contribution in [0.25, 0.3) is 22.3 Å². The first-order chi connectivity index (χ1) is 18.0. The van der Waals surface area contributed by atoms with Crippen LogP contribution in [-0.4, -0.2) is 76.4 Å². The first kappa shape index (κ1) is 25.2. The quantitative estimate of drug-likeness (QED) is 0.332. The molecule has 0 bridgehead atoms. The zero-order chi connectivity index (χ0) is 25.8. The number of morpholine rings is 1. The Morgan fingerprint density at radius 2 is 2.03 bits per heavy atom. The summed E-state index contributed by atoms with van der Waals surface area (Å²) in [5.74, 6) is 2.06. The first-order valence-corrected chi connectivity index (χ1v) is 12.6. The molecule has 0 aliphatic carbocycles. The van der Waals surface area contributed by atoms with Crippen molar-refractivity contribution >= 4 is 28.6 Å². The normalized spacial score (nSPS) is 15.0. The summed E-state index contributed by atoms with van der Waals surface area (Å²) in [4.78, 5) is 22.7. The SMILES string of the molecule is COc1cncc(-c2c(C)c(Cl)cc(C(C)Nc3ncnc4nc[nH]c34)c2OCCN2CCOCC2)c1. The van der Waals surface area contributed by atoms with Crippen molar-refractivity contribution in [3.8, 4) is 22.6 Å². The lowest BCUT2D eigenvalue weighted by Crippen LogP contribution is -2.38. The predicted molar refractivity (Wildman–Crippen MR) is 142 cm³/mol. The minimum absolute atomic E-state index is 0.199. The van der Waals surface area contributed by atoms with Crippen LogP contribution in [0, 0.1) is 6.92 Å². The number of nitrogens with zero attached hydrogens (tertiary/aromatic N) is 5. The van der Waals surface area contributed by atoms with Crippen LogP contribution in [0.4, 0.5) is 5.82 Å². The molecule has 37 heavy (non-hydrogen) atoms. The van der Waals surface area contributed by atoms with Crippen molar-refractivity contribution in [2.45, 2.75) is 19.9 Å². The Morgan fingerprint density at radius 1 is 1.19 bits per heavy atom. The van der Waals surface area contributed by atoms with Gasteiger partial charge in [-0.2, -0.15) is 0 Å². The van der Waals surface area contributed by atoms with Gasteiger partial charge < -0.3 is 24.5 Å². The molecule has 1 atom stereocenters. The number of hydrogen-bond acceptors (Lipinski definition) is 9. The van der Waals surface area contributed by atoms with Crippen molar-refractivity contribution in [1.29, 1.82) is 0 Å². The van der Waals surface area contributed by atoms with E-state index in [0.29, 0.717) is 28.8 Å². The molecule has 4 aromatic rings. The monoisotopic (exact) mass is 523 g/mol. The van der Waals surface area contributed by atoms with Gasteiger partial charge in [0.2, 0.25) is 0 Å². The van der Waals surface area contributed by atoms with E-state index in [1.807, 2.05) is 26.0 Å². The van der Waals surface area contributed by atoms with Gasteiger partial charge >= 0.3 is 0 Å². The molecule has 1 saturated heterocycles. The van der Waals surface area contributed by atoms with Crippen LogP contribution in [0.2, 0.25) is 5.02 Å². The Balaban J connectivity index is 1.53. The number of imidazole rings is 1. The second kappa shape index (κ2) is 11.3. The highest BCUT2D eigenvalue weighted by atomic mass is 35.5. The van der Waals surface area contributed by atoms with E-state index >= 15 is 0 Å². The lowest BCUT2D eigenvalue weighted by Gasteiger charge is -2.28. The minimum Gasteiger partial charge on any atom is -0.495 e. The van der Waals surface area contributed by atoms with E-state index < -0.39 is 0 Å². The number of hydrogen-bond donors (Lipinski definition) is 2. The number of pyridine rings is 1. The zero-order valence-corrected chi connectivity index (χ0v) is 21.9. The number of halogens is 1. The van der Waals surface area contributed by atoms with Crippen LogP contribution < -0.4 is 14.8 Å². The summed E-state index contributed by atoms with van der Waals surface area (Å²) in [6, 6.07) is 3.71. The molecule has 1 aromatic carbocycles. The molecule has 5 rings (SSSR count). The third-order valence-corrected chi connectivity index (χ3v) is 6.94. The summed E-state index contributed by atoms with van der Waals surface area (Å²) < 4.78 is 17.5. The third-order valence-electron chi connectivity index (χ3n) is 6.54. The number of fused-ring (bicyclic) bond motifs is 1. The molecule has 11 heteroatoms. The highest BCUT2D eigenvalue weighted by Crippen LogP contribution is 2.43. The van der Waals surface area contributed by atoms with E-state index in [1.54, 1.807) is 25.8 Å². The zero-order valence-electron chi connectivity index (χ0n) is 21.1. The number of aromatic amines is 1. The Hall–Kier alpha value is -3.47. The van der Waals surface area contributed by atoms with Gasteiger partial charge in [-0.15, -0.1) is 0 Å². The molecular weight excluding hydrogens is 494 g/mol. The summed E-state index contributed by atoms with van der Waals surface area (Å²) in [6.07, 6.45) is 6.58. The summed E-state index contributed by atoms with van der Waals surface area (Å²) >= 11 is 6.80. The van der Waals surface area contributed by atoms with Gasteiger partial charge in [0.25, 0.3) is 0 Å². The van der Waals surface area contributed by atoms with Crippen molar-refractivity contribution in [2.75, 3.05) is 51.9 Å². The van der Waals surface area contributed by atoms with Crippen LogP contribution in [0.1, 0.15) is 24.1 Å². The fraction of sp³-hybridized carbons (Fsp3) is 0.385. The number of aromatic nitrogens is 5. The second-order valence-electron chi connectivity index (χ2n) is 8.88. The van der Waals surface area contributed by atoms with Gasteiger partial charge in [0.1, 0.15) is 29.9 Å². The lowest BCUT2D eigenvalue weighted by molar-refractivity contribution is 0.0322. The van der Waals surface area contributed by atoms with E-state index in [4.69, 9.17) is 25.8 Å². The molecule has 3 aromatic heterocycles. The molecule has 0 radical (unpaired) electrons. The number of rotatable bonds is 9. The van der Waals surface area contributed by atoms with E-state index in [9.17, 15) is 0 Å². The average molecular weight is 524 g/mol. The van der Waals surface area contributed by atoms with Crippen LogP contribution in [0.15, 0.2) is 37.2 Å². The van der Waals surface area contributed by atoms with Gasteiger partial charge in [-0.1, -0.05) is 11.6 Å². The highest BCUT2D eigenvalue weighted by molar-refractivity contribution is 6.32. The lowest BCUT2D eigenvalue weighted by atomic mass is 9.94. The molecule has 0 spiro atoms. The van der Waals surface area contributed by atoms with Gasteiger partial charge in [0.15, 0.2) is 11.5 Å². The number of ether oxygens (including phenoxy) is 3. The number of benzene rings is 1. The smallest absolute Gasteiger partial charge is 0.182 e. The third kappa shape index (κ3) is 5.46. The van der Waals surface area contributed by atoms with E-state index in [2.05, 4.69) is 35.1 Å². The van der Waals surface area contributed by atoms with Crippen molar-refractivity contribution in [2.24, 2.45) is 0 Å². The molecule has 4 heterocycles. The summed E-state index contributed by atoms with van der Waals surface area (Å²) in [5, 5.41) is 4.12. The molecule has 1 aliphatic heterocycles. The van der Waals surface area contributed by atoms with Crippen molar-refractivity contribution in [3.63, 3.8) is 0 Å². The summed E-state index contributed by atoms with van der Waals surface area (Å²) in [6.45, 7) is 8.64. The standard InChI is InChI=1S/C26H30ClN7O3/c1-16-21(27)11-20(17(2)33-26-23-25(30-14-29-23)31-15-32-26)24(37-9-6-34-4-7-36-8-5-34)22(16)18-10-19(35-3)13-28-12-18/h10-15,17H,4-9H2,1-3H3,(H2,29,30,31,32,33). The maximum Gasteiger partial charge on any atom is 0.182 e. The number of methoxy groups -OCH3 is 1. The molecule has 2 N–H and O–H groups in total. The fourth-order valence-electron chi connectivity index (χ4n) is 4.50. The van der Waals surface area contributed by atoms with Crippen LogP contribution >= 0.6 is 11.6 Å². The summed E-state index contributed by atoms with van der Waals surface area (Å²) in [7, 11) is 1.63. The second-order valence-corrected chi connectivity index (χ2v) is 9.29. The molecule has 1 aliphatic rings. The maximum absolute atomic E-state index is 6.80. The topological polar surface area (TPSA) is 110 Å². The molecule has 1 unspecified atom stereocenters. The Kier molecular flexibility index (Phi) is 7.68. The number of nitrogens with one attached hydrogen (secondary N) is 2. The number of H-pyrrole nitrogens is 1. The van der Waals surface area contributed by atoms with Gasteiger partial charge in [-0.3, -0.25) is 9.88 Å². The van der Waals surface area contributed by atoms with Gasteiger partial charge in [-0.05, 0) is 31.5 Å². The van der Waals surface area contributed by atoms with Crippen molar-refractivity contribution < 1.29 is 14.2 Å². The van der Waals surface area contributed by atoms with E-state index in [-0.39, 0.29) is 6.04 Å². The molecular formula is C26H30ClN7O3. The Bertz CT molecular complexity index is 1370. The average Bonchev–Trinajstić information content (AvgIpc) is 3.41. The van der Waals surface area contributed by atoms with E-state index in [0.717, 1.165) is 66.4 Å². The van der Waals surface area contributed by atoms with Gasteiger partial charge in [0.05, 0.1) is 38.9 Å². The molecule has 10 nitrogen and oxygen atoms in total. The first-order valence-electron chi connectivity index (χ1n) is 12.2. The molecule has 0 saturated carbocycles. The van der Waals surface area contributed by atoms with Crippen LogP contribution in [0.3, 0.4) is 0 Å². The van der Waals surface area contributed by atoms with Crippen LogP contribution in [-0.2, 0) is 4.74 Å². The molecule has 1 fully saturated rings. The van der Waals surface area contributed by atoms with Crippen molar-refractivity contribution in [1.82, 2.24) is 29.8 Å². The Labute approximate surface area is 220 Å². The fourth-order valence-corrected chi connectivity index (χ4v) is 4.71. The van der Waals surface area contributed by atoms with Crippen LogP contribution in [0.5, 0.6) is 11.5 Å². The van der Waals surface area contributed by atoms with Gasteiger partial charge in [-0.25, -0.2) is 15.0 Å². The molecule has 0 amide bonds. The molecule has 194 valence electrons. The maximum atomic E-state index is 6.80. The largest absolute Gasteiger partial charge is 0.495 e. The van der Waals surface area contributed by atoms with E-state index in [1.165, 1.54) is 6.33 Å². The predicted octanol–water partition coefficient (Wildman–Crippen LogP) is 4.27. The summed E-state index contributed by atoms with van der Waals surface area (Å²) in [5.41, 5.74) is 4.90. The van der Waals surface area contributed by atoms with Crippen molar-refractivity contribution in [3.05, 3.63) is 53.3 Å². The minimum atomic E-state index is -0.199. The van der Waals surface area contributed by atoms with Gasteiger partial charge in [0, 0.05) is 47.5 Å². The highest BCUT2D eigenvalue weighted by Gasteiger charge is 2.23. The number of anilines is 1.